The number of thioether (sulfide) groups is 2. The van der Waals surface area contributed by atoms with Gasteiger partial charge in [-0.05, 0) is 145 Å². The minimum absolute atomic E-state index is 0.00160. The number of hydrogen-bond donors (Lipinski definition) is 30. The van der Waals surface area contributed by atoms with E-state index >= 15 is 0 Å². The zero-order valence-electron chi connectivity index (χ0n) is 82.5. The molecule has 143 heavy (non-hydrogen) atoms. The fourth-order valence-electron chi connectivity index (χ4n) is 14.4. The number of nitrogens with one attached hydrogen (secondary N) is 19. The normalized spacial score (nSPS) is 16.5. The number of rotatable bonds is 70. The van der Waals surface area contributed by atoms with Gasteiger partial charge in [0.1, 0.15) is 103 Å². The minimum atomic E-state index is -2.32. The Kier molecular flexibility index (Phi) is 57.9. The van der Waals surface area contributed by atoms with E-state index in [1.54, 1.807) is 40.9 Å². The standard InChI is InChI=1S/C87H147N25O29S2/c1-13-43(7)66(83(137)104-54(34-47-37-93-40-95-47)76(130)98-52(23-25-62(117)118)73(127)105-57(86(140)141)33-41(3)4)109-78(132)56(36-64(121)122)103-77(131)55(35-63(119)120)102-72(126)51(22-24-61(90)116)101-84(138)68(46(10)115)111-80(134)59(39-114)107-82(136)65(42(5)6)108-69(123)45(9)96-71(125)49(19-15-16-28-88)100-81(135)60-21-18-30-112(60)85(139)67(44(8)14-2)110-75(129)50(20-17-29-94-87(91)92)97-74(128)53(27-32-143-12)99-79(133)58(38-113)106-70(124)48(89)26-31-142-11/h37,40-46,48-60,65-68,113-115H,13-36,38-39,88-89H2,1-12H3,(H2,90,116)(H,93,95)(H,96,125)(H,97,128)(H,98,130)(H,99,133)(H,100,135)(H,101,138)(H,102,126)(H,103,131)(H,104,137)(H,105,127)(H,106,124)(H,107,136)(H,108,123)(H,109,132)(H,110,129)(H,111,134)(H,117,118)(H,119,120)(H,121,122)(H,140,141)(H4,91,92,94)/t43-,44-,45-,46+,48-,49-,50-,51-,52-,53-,54-,55-,56-,57-,58-,59-,60-,65-,66-,67-,68-/m0/s1. The summed E-state index contributed by atoms with van der Waals surface area (Å²) in [6.45, 7) is 12.9. The van der Waals surface area contributed by atoms with Crippen LogP contribution in [0.4, 0.5) is 0 Å². The van der Waals surface area contributed by atoms with Crippen molar-refractivity contribution in [3.05, 3.63) is 18.2 Å². The average Bonchev–Trinajstić information content (AvgIpc) is 1.70. The maximum Gasteiger partial charge on any atom is 0.326 e. The van der Waals surface area contributed by atoms with Gasteiger partial charge in [-0.2, -0.15) is 23.5 Å². The summed E-state index contributed by atoms with van der Waals surface area (Å²) in [5.41, 5.74) is 22.8. The molecule has 1 aliphatic heterocycles. The predicted octanol–water partition coefficient (Wildman–Crippen LogP) is -8.73. The van der Waals surface area contributed by atoms with Crippen LogP contribution in [0, 0.1) is 29.1 Å². The van der Waals surface area contributed by atoms with Gasteiger partial charge in [0, 0.05) is 38.5 Å². The van der Waals surface area contributed by atoms with Crippen LogP contribution in [-0.4, -0.2) is 359 Å². The maximum atomic E-state index is 14.9. The molecule has 1 fully saturated rings. The molecular weight excluding hydrogens is 1920 g/mol. The molecule has 2 rings (SSSR count). The van der Waals surface area contributed by atoms with E-state index in [9.17, 15) is 141 Å². The highest BCUT2D eigenvalue weighted by molar-refractivity contribution is 7.98. The van der Waals surface area contributed by atoms with Gasteiger partial charge < -0.3 is 159 Å². The number of carbonyl (C=O) groups is 22. The quantitative estimate of drug-likeness (QED) is 0.0164. The number of hydrogen-bond acceptors (Lipinski definition) is 31. The number of nitrogens with zero attached hydrogens (tertiary/aromatic N) is 2. The lowest BCUT2D eigenvalue weighted by molar-refractivity contribution is -0.144. The van der Waals surface area contributed by atoms with E-state index in [2.05, 4.69) is 89.7 Å². The van der Waals surface area contributed by atoms with Crippen LogP contribution in [-0.2, 0) is 112 Å². The highest BCUT2D eigenvalue weighted by Gasteiger charge is 2.45. The maximum absolute atomic E-state index is 14.9. The summed E-state index contributed by atoms with van der Waals surface area (Å²) in [6.07, 6.45) is -0.413. The molecule has 0 aromatic carbocycles. The molecule has 56 heteroatoms. The number of carboxylic acid groups (broad SMARTS) is 4. The van der Waals surface area contributed by atoms with E-state index < -0.39 is 321 Å². The number of H-pyrrole nitrogens is 1. The summed E-state index contributed by atoms with van der Waals surface area (Å²) in [5, 5.41) is 119. The van der Waals surface area contributed by atoms with E-state index in [-0.39, 0.29) is 101 Å². The zero-order chi connectivity index (χ0) is 108. The Hall–Kier alpha value is -12.7. The summed E-state index contributed by atoms with van der Waals surface area (Å²) in [6, 6.07) is -29.9. The number of nitrogens with two attached hydrogens (primary N) is 4. The van der Waals surface area contributed by atoms with Crippen LogP contribution >= 0.6 is 23.5 Å². The number of aromatic nitrogens is 2. The zero-order valence-corrected chi connectivity index (χ0v) is 84.1. The van der Waals surface area contributed by atoms with Crippen molar-refractivity contribution in [1.29, 1.82) is 5.41 Å². The second-order valence-electron chi connectivity index (χ2n) is 35.5. The van der Waals surface area contributed by atoms with Crippen LogP contribution in [0.3, 0.4) is 0 Å². The number of imidazole rings is 1. The Morgan fingerprint density at radius 2 is 0.881 bits per heavy atom. The molecule has 0 bridgehead atoms. The Morgan fingerprint density at radius 1 is 0.469 bits per heavy atom. The highest BCUT2D eigenvalue weighted by atomic mass is 32.2. The van der Waals surface area contributed by atoms with Gasteiger partial charge in [0.2, 0.25) is 106 Å². The van der Waals surface area contributed by atoms with Crippen molar-refractivity contribution in [3.63, 3.8) is 0 Å². The van der Waals surface area contributed by atoms with E-state index in [1.165, 1.54) is 68.6 Å². The summed E-state index contributed by atoms with van der Waals surface area (Å²) >= 11 is 2.77. The van der Waals surface area contributed by atoms with Crippen LogP contribution < -0.4 is 113 Å². The van der Waals surface area contributed by atoms with Crippen molar-refractivity contribution in [1.82, 2.24) is 105 Å². The van der Waals surface area contributed by atoms with Gasteiger partial charge in [0.25, 0.3) is 0 Å². The molecule has 806 valence electrons. The number of aliphatic hydroxyl groups excluding tert-OH is 3. The van der Waals surface area contributed by atoms with Gasteiger partial charge in [0.05, 0.1) is 50.2 Å². The Balaban J connectivity index is 2.44. The average molecular weight is 2070 g/mol. The van der Waals surface area contributed by atoms with E-state index in [1.807, 2.05) is 16.9 Å². The topological polar surface area (TPSA) is 882 Å². The Bertz CT molecular complexity index is 4460. The molecule has 0 unspecified atom stereocenters. The van der Waals surface area contributed by atoms with Crippen LogP contribution in [0.15, 0.2) is 12.5 Å². The molecule has 1 saturated heterocycles. The van der Waals surface area contributed by atoms with Crippen molar-refractivity contribution in [2.75, 3.05) is 56.9 Å². The van der Waals surface area contributed by atoms with Gasteiger partial charge in [0.15, 0.2) is 5.96 Å². The fourth-order valence-corrected chi connectivity index (χ4v) is 15.4. The molecule has 1 aromatic rings. The number of unbranched alkanes of at least 4 members (excludes halogenated alkanes) is 1. The predicted molar refractivity (Wildman–Crippen MR) is 516 cm³/mol. The van der Waals surface area contributed by atoms with E-state index in [0.717, 1.165) is 6.92 Å². The first kappa shape index (κ1) is 126. The number of carboxylic acids is 4. The molecule has 1 aliphatic rings. The number of amides is 18. The molecule has 1 aromatic heterocycles. The van der Waals surface area contributed by atoms with Crippen LogP contribution in [0.2, 0.25) is 0 Å². The van der Waals surface area contributed by atoms with Crippen molar-refractivity contribution in [2.24, 2.45) is 46.6 Å². The summed E-state index contributed by atoms with van der Waals surface area (Å²) in [7, 11) is 0. The van der Waals surface area contributed by atoms with Crippen molar-refractivity contribution in [2.45, 2.75) is 306 Å². The molecule has 21 atom stereocenters. The van der Waals surface area contributed by atoms with Gasteiger partial charge in [-0.1, -0.05) is 68.2 Å². The molecule has 0 aliphatic carbocycles. The number of aromatic amines is 1. The second kappa shape index (κ2) is 65.5. The van der Waals surface area contributed by atoms with Crippen LogP contribution in [0.1, 0.15) is 191 Å². The third-order valence-electron chi connectivity index (χ3n) is 23.1. The number of primary amides is 1. The van der Waals surface area contributed by atoms with Gasteiger partial charge in [-0.15, -0.1) is 0 Å². The third kappa shape index (κ3) is 45.6. The van der Waals surface area contributed by atoms with Gasteiger partial charge >= 0.3 is 23.9 Å². The number of guanidine groups is 1. The molecule has 2 heterocycles. The molecule has 54 nitrogen and oxygen atoms in total. The first-order chi connectivity index (χ1) is 67.2. The van der Waals surface area contributed by atoms with Crippen LogP contribution in [0.25, 0.3) is 0 Å². The minimum Gasteiger partial charge on any atom is -0.481 e. The van der Waals surface area contributed by atoms with Gasteiger partial charge in [-0.3, -0.25) is 106 Å². The number of likely N-dealkylation sites (tertiary alicyclic amines) is 1. The fraction of sp³-hybridized carbons (Fsp3) is 0.701. The molecular formula is C87H147N25O29S2. The Morgan fingerprint density at radius 3 is 1.37 bits per heavy atom. The SMILES string of the molecule is CC[C@H](C)[C@H](NC(=O)[C@H](CC(=O)O)NC(=O)[C@H](CC(=O)O)NC(=O)[C@H](CCC(N)=O)NC(=O)[C@@H](NC(=O)[C@H](CO)NC(=O)[C@@H](NC(=O)[C@H](C)NC(=O)[C@H](CCCCN)NC(=O)[C@@H]1CCCN1C(=O)[C@@H](NC(=O)[C@H](CCCNC(=N)N)NC(=O)[C@H](CCSC)NC(=O)[C@H](CO)NC(=O)[C@@H](N)CCSC)[C@@H](C)CC)C(C)C)[C@@H](C)O)C(=O)N[C@@H](Cc1c[nH]cn1)C(=O)N[C@@H](CCC(=O)O)C(=O)N[C@@H](CC(C)C)C(=O)O. The smallest absolute Gasteiger partial charge is 0.326 e. The molecule has 0 radical (unpaired) electrons. The number of carbonyl (C=O) groups excluding carboxylic acids is 18. The molecule has 0 saturated carbocycles. The largest absolute Gasteiger partial charge is 0.481 e. The summed E-state index contributed by atoms with van der Waals surface area (Å²) in [5.74, 6) is -28.6. The third-order valence-corrected chi connectivity index (χ3v) is 24.3. The lowest BCUT2D eigenvalue weighted by atomic mass is 9.96. The first-order valence-corrected chi connectivity index (χ1v) is 49.8. The molecule has 0 spiro atoms. The van der Waals surface area contributed by atoms with Gasteiger partial charge in [-0.25, -0.2) is 9.78 Å². The molecule has 34 N–H and O–H groups in total. The van der Waals surface area contributed by atoms with Crippen molar-refractivity contribution < 1.29 is 141 Å². The second-order valence-corrected chi connectivity index (χ2v) is 37.4. The van der Waals surface area contributed by atoms with E-state index in [4.69, 9.17) is 28.3 Å². The Labute approximate surface area is 835 Å². The van der Waals surface area contributed by atoms with Crippen molar-refractivity contribution >= 4 is 160 Å². The first-order valence-electron chi connectivity index (χ1n) is 47.0. The summed E-state index contributed by atoms with van der Waals surface area (Å²) in [4.78, 5) is 309. The number of aliphatic hydroxyl groups is 3. The highest BCUT2D eigenvalue weighted by Crippen LogP contribution is 2.24. The lowest BCUT2D eigenvalue weighted by Gasteiger charge is -2.33. The number of aliphatic carboxylic acids is 4. The lowest BCUT2D eigenvalue weighted by Crippen LogP contribution is -2.63. The monoisotopic (exact) mass is 2070 g/mol. The van der Waals surface area contributed by atoms with Crippen molar-refractivity contribution in [3.8, 4) is 0 Å². The summed E-state index contributed by atoms with van der Waals surface area (Å²) < 4.78 is 0. The molecule has 18 amide bonds. The van der Waals surface area contributed by atoms with Crippen LogP contribution in [0.5, 0.6) is 0 Å². The van der Waals surface area contributed by atoms with E-state index in [0.29, 0.717) is 24.3 Å².